The van der Waals surface area contributed by atoms with Crippen LogP contribution in [0.5, 0.6) is 0 Å². The lowest BCUT2D eigenvalue weighted by molar-refractivity contribution is -0.140. The van der Waals surface area contributed by atoms with E-state index in [2.05, 4.69) is 6.92 Å². The molecule has 5 heteroatoms. The van der Waals surface area contributed by atoms with Gasteiger partial charge in [0.25, 0.3) is 0 Å². The molecule has 0 heterocycles. The van der Waals surface area contributed by atoms with Gasteiger partial charge in [-0.2, -0.15) is 0 Å². The Morgan fingerprint density at radius 3 is 2.35 bits per heavy atom. The molecule has 0 bridgehead atoms. The summed E-state index contributed by atoms with van der Waals surface area (Å²) in [6.45, 7) is 7.35. The van der Waals surface area contributed by atoms with Gasteiger partial charge in [0.1, 0.15) is 13.2 Å². The molecule has 0 aliphatic carbocycles. The fourth-order valence-electron chi connectivity index (χ4n) is 1.40. The zero-order valence-electron chi connectivity index (χ0n) is 12.9. The second-order valence-electron chi connectivity index (χ2n) is 4.78. The van der Waals surface area contributed by atoms with Gasteiger partial charge in [-0.05, 0) is 33.6 Å². The molecule has 0 unspecified atom stereocenters. The van der Waals surface area contributed by atoms with E-state index in [4.69, 9.17) is 14.2 Å². The average molecular weight is 286 g/mol. The lowest BCUT2D eigenvalue weighted by Crippen LogP contribution is -2.17. The lowest BCUT2D eigenvalue weighted by atomic mass is 10.1. The van der Waals surface area contributed by atoms with Crippen molar-refractivity contribution < 1.29 is 23.8 Å². The first-order valence-electron chi connectivity index (χ1n) is 7.14. The minimum atomic E-state index is -0.747. The van der Waals surface area contributed by atoms with Gasteiger partial charge in [-0.1, -0.05) is 25.8 Å². The highest BCUT2D eigenvalue weighted by molar-refractivity contribution is 5.87. The molecule has 0 spiro atoms. The van der Waals surface area contributed by atoms with Gasteiger partial charge in [0, 0.05) is 5.57 Å². The van der Waals surface area contributed by atoms with Crippen LogP contribution in [-0.2, 0) is 19.0 Å². The highest BCUT2D eigenvalue weighted by Gasteiger charge is 2.08. The molecular formula is C15H26O5. The van der Waals surface area contributed by atoms with Crippen molar-refractivity contribution in [2.45, 2.75) is 59.5 Å². The Hall–Kier alpha value is -1.52. The first kappa shape index (κ1) is 18.5. The van der Waals surface area contributed by atoms with E-state index in [1.807, 2.05) is 6.08 Å². The van der Waals surface area contributed by atoms with Gasteiger partial charge in [-0.25, -0.2) is 9.59 Å². The monoisotopic (exact) mass is 286 g/mol. The molecule has 0 aromatic rings. The largest absolute Gasteiger partial charge is 0.508 e. The Morgan fingerprint density at radius 1 is 1.10 bits per heavy atom. The second kappa shape index (κ2) is 11.3. The van der Waals surface area contributed by atoms with Crippen LogP contribution in [0.1, 0.15) is 53.4 Å². The number of ether oxygens (including phenoxy) is 3. The molecule has 0 atom stereocenters. The molecule has 0 N–H and O–H groups in total. The van der Waals surface area contributed by atoms with Crippen molar-refractivity contribution in [2.75, 3.05) is 13.2 Å². The van der Waals surface area contributed by atoms with Crippen molar-refractivity contribution in [1.82, 2.24) is 0 Å². The van der Waals surface area contributed by atoms with Crippen LogP contribution in [0.2, 0.25) is 0 Å². The normalized spacial score (nSPS) is 11.3. The zero-order valence-corrected chi connectivity index (χ0v) is 12.9. The number of carbonyl (C=O) groups is 2. The van der Waals surface area contributed by atoms with Crippen molar-refractivity contribution in [2.24, 2.45) is 0 Å². The first-order chi connectivity index (χ1) is 9.47. The maximum absolute atomic E-state index is 11.6. The summed E-state index contributed by atoms with van der Waals surface area (Å²) in [6, 6.07) is 0. The first-order valence-corrected chi connectivity index (χ1v) is 7.14. The summed E-state index contributed by atoms with van der Waals surface area (Å²) in [7, 11) is 0. The van der Waals surface area contributed by atoms with Crippen molar-refractivity contribution in [3.05, 3.63) is 11.6 Å². The SMILES string of the molecule is CCCCCC=C(C)C(=O)OCCOC(=O)OC(C)C. The zero-order chi connectivity index (χ0) is 15.4. The highest BCUT2D eigenvalue weighted by atomic mass is 16.7. The highest BCUT2D eigenvalue weighted by Crippen LogP contribution is 2.04. The minimum absolute atomic E-state index is 0.000405. The molecule has 0 aromatic carbocycles. The van der Waals surface area contributed by atoms with Gasteiger partial charge in [0.15, 0.2) is 0 Å². The number of esters is 1. The van der Waals surface area contributed by atoms with Gasteiger partial charge in [0.2, 0.25) is 0 Å². The number of rotatable bonds is 9. The van der Waals surface area contributed by atoms with E-state index in [0.717, 1.165) is 25.7 Å². The molecule has 0 aromatic heterocycles. The molecule has 0 rings (SSSR count). The van der Waals surface area contributed by atoms with E-state index in [1.54, 1.807) is 20.8 Å². The van der Waals surface area contributed by atoms with Crippen LogP contribution in [0, 0.1) is 0 Å². The van der Waals surface area contributed by atoms with Crippen molar-refractivity contribution in [3.8, 4) is 0 Å². The molecule has 0 saturated heterocycles. The maximum Gasteiger partial charge on any atom is 0.508 e. The van der Waals surface area contributed by atoms with Crippen LogP contribution in [0.15, 0.2) is 11.6 Å². The topological polar surface area (TPSA) is 61.8 Å². The predicted molar refractivity (Wildman–Crippen MR) is 76.4 cm³/mol. The summed E-state index contributed by atoms with van der Waals surface area (Å²) >= 11 is 0. The number of hydrogen-bond acceptors (Lipinski definition) is 5. The summed E-state index contributed by atoms with van der Waals surface area (Å²) in [5.74, 6) is -0.373. The molecular weight excluding hydrogens is 260 g/mol. The van der Waals surface area contributed by atoms with Gasteiger partial charge in [0.05, 0.1) is 6.10 Å². The fourth-order valence-corrected chi connectivity index (χ4v) is 1.40. The molecule has 0 saturated carbocycles. The Labute approximate surface area is 121 Å². The standard InChI is InChI=1S/C15H26O5/c1-5-6-7-8-9-13(4)14(16)18-10-11-19-15(17)20-12(2)3/h9,12H,5-8,10-11H2,1-4H3. The smallest absolute Gasteiger partial charge is 0.459 e. The molecule has 0 radical (unpaired) electrons. The third-order valence-corrected chi connectivity index (χ3v) is 2.45. The van der Waals surface area contributed by atoms with Crippen molar-refractivity contribution in [1.29, 1.82) is 0 Å². The van der Waals surface area contributed by atoms with E-state index in [0.29, 0.717) is 5.57 Å². The molecule has 0 aliphatic heterocycles. The van der Waals surface area contributed by atoms with Crippen LogP contribution in [0.3, 0.4) is 0 Å². The third-order valence-electron chi connectivity index (χ3n) is 2.45. The van der Waals surface area contributed by atoms with Gasteiger partial charge in [-0.15, -0.1) is 0 Å². The molecule has 5 nitrogen and oxygen atoms in total. The predicted octanol–water partition coefficient (Wildman–Crippen LogP) is 3.62. The molecule has 0 fully saturated rings. The quantitative estimate of drug-likeness (QED) is 0.368. The van der Waals surface area contributed by atoms with E-state index in [9.17, 15) is 9.59 Å². The number of allylic oxidation sites excluding steroid dienone is 1. The molecule has 20 heavy (non-hydrogen) atoms. The van der Waals surface area contributed by atoms with Crippen molar-refractivity contribution in [3.63, 3.8) is 0 Å². The summed E-state index contributed by atoms with van der Waals surface area (Å²) in [6.07, 6.45) is 5.18. The molecule has 0 aliphatic rings. The number of unbranched alkanes of at least 4 members (excludes halogenated alkanes) is 3. The Bertz CT molecular complexity index is 320. The van der Waals surface area contributed by atoms with Gasteiger partial charge >= 0.3 is 12.1 Å². The van der Waals surface area contributed by atoms with Crippen LogP contribution >= 0.6 is 0 Å². The summed E-state index contributed by atoms with van der Waals surface area (Å²) in [5.41, 5.74) is 0.589. The summed E-state index contributed by atoms with van der Waals surface area (Å²) in [5, 5.41) is 0. The lowest BCUT2D eigenvalue weighted by Gasteiger charge is -2.09. The van der Waals surface area contributed by atoms with Gasteiger partial charge in [-0.3, -0.25) is 0 Å². The summed E-state index contributed by atoms with van der Waals surface area (Å²) in [4.78, 5) is 22.6. The fraction of sp³-hybridized carbons (Fsp3) is 0.733. The van der Waals surface area contributed by atoms with Crippen LogP contribution in [0.25, 0.3) is 0 Å². The van der Waals surface area contributed by atoms with Crippen LogP contribution in [-0.4, -0.2) is 31.4 Å². The summed E-state index contributed by atoms with van der Waals surface area (Å²) < 4.78 is 14.5. The molecule has 116 valence electrons. The van der Waals surface area contributed by atoms with Crippen LogP contribution < -0.4 is 0 Å². The van der Waals surface area contributed by atoms with E-state index in [-0.39, 0.29) is 25.3 Å². The van der Waals surface area contributed by atoms with Crippen molar-refractivity contribution >= 4 is 12.1 Å². The Morgan fingerprint density at radius 2 is 1.75 bits per heavy atom. The number of carbonyl (C=O) groups excluding carboxylic acids is 2. The average Bonchev–Trinajstić information content (AvgIpc) is 2.38. The Kier molecular flexibility index (Phi) is 10.5. The van der Waals surface area contributed by atoms with Crippen LogP contribution in [0.4, 0.5) is 4.79 Å². The maximum atomic E-state index is 11.6. The third kappa shape index (κ3) is 10.4. The van der Waals surface area contributed by atoms with Gasteiger partial charge < -0.3 is 14.2 Å². The minimum Gasteiger partial charge on any atom is -0.459 e. The second-order valence-corrected chi connectivity index (χ2v) is 4.78. The number of hydrogen-bond donors (Lipinski definition) is 0. The van der Waals surface area contributed by atoms with E-state index < -0.39 is 6.16 Å². The van der Waals surface area contributed by atoms with E-state index >= 15 is 0 Å². The Balaban J connectivity index is 3.74. The van der Waals surface area contributed by atoms with E-state index in [1.165, 1.54) is 0 Å². The molecule has 0 amide bonds.